The quantitative estimate of drug-likeness (QED) is 0.0234. The predicted octanol–water partition coefficient (Wildman–Crippen LogP) is 15.4. The van der Waals surface area contributed by atoms with Crippen LogP contribution >= 0.6 is 23.5 Å². The van der Waals surface area contributed by atoms with Crippen molar-refractivity contribution >= 4 is 47.4 Å². The summed E-state index contributed by atoms with van der Waals surface area (Å²) in [5.41, 5.74) is 5.62. The molecule has 0 saturated heterocycles. The third-order valence-electron chi connectivity index (χ3n) is 12.1. The Balaban J connectivity index is 0.792. The van der Waals surface area contributed by atoms with Gasteiger partial charge >= 0.3 is 23.9 Å². The maximum Gasteiger partial charge on any atom is 0.343 e. The van der Waals surface area contributed by atoms with Crippen LogP contribution in [0.25, 0.3) is 22.3 Å². The number of carbonyl (C=O) groups excluding carboxylic acids is 4. The molecule has 0 N–H and O–H groups in total. The Kier molecular flexibility index (Phi) is 24.0. The second kappa shape index (κ2) is 31.3. The van der Waals surface area contributed by atoms with E-state index >= 15 is 0 Å². The Bertz CT molecular complexity index is 2430. The van der Waals surface area contributed by atoms with Gasteiger partial charge in [-0.25, -0.2) is 19.2 Å². The van der Waals surface area contributed by atoms with Crippen LogP contribution < -0.4 is 18.9 Å². The van der Waals surface area contributed by atoms with Crippen LogP contribution in [0, 0.1) is 0 Å². The number of hydrogen-bond acceptors (Lipinski definition) is 12. The van der Waals surface area contributed by atoms with Gasteiger partial charge in [-0.3, -0.25) is 0 Å². The molecule has 0 saturated carbocycles. The van der Waals surface area contributed by atoms with Crippen molar-refractivity contribution in [1.29, 1.82) is 0 Å². The molecule has 12 heteroatoms. The van der Waals surface area contributed by atoms with Crippen molar-refractivity contribution in [1.82, 2.24) is 0 Å². The zero-order chi connectivity index (χ0) is 52.3. The molecule has 10 nitrogen and oxygen atoms in total. The molecule has 0 aliphatic carbocycles. The fourth-order valence-corrected chi connectivity index (χ4v) is 9.58. The van der Waals surface area contributed by atoms with Crippen LogP contribution in [0.2, 0.25) is 0 Å². The molecule has 0 aliphatic rings. The second-order valence-corrected chi connectivity index (χ2v) is 20.5. The first kappa shape index (κ1) is 56.8. The van der Waals surface area contributed by atoms with Gasteiger partial charge in [-0.05, 0) is 159 Å². The molecule has 0 aromatic heterocycles. The minimum Gasteiger partial charge on any atom is -0.493 e. The number of carbonyl (C=O) groups is 4. The van der Waals surface area contributed by atoms with Gasteiger partial charge < -0.3 is 28.4 Å². The van der Waals surface area contributed by atoms with Crippen LogP contribution in [0.1, 0.15) is 133 Å². The van der Waals surface area contributed by atoms with Crippen molar-refractivity contribution in [3.8, 4) is 45.3 Å². The summed E-state index contributed by atoms with van der Waals surface area (Å²) < 4.78 is 34.3. The molecule has 0 fully saturated rings. The minimum absolute atomic E-state index is 0.113. The molecule has 0 amide bonds. The van der Waals surface area contributed by atoms with Crippen LogP contribution in [-0.2, 0) is 9.47 Å². The largest absolute Gasteiger partial charge is 0.493 e. The average molecular weight is 1040 g/mol. The van der Waals surface area contributed by atoms with Crippen LogP contribution in [0.15, 0.2) is 146 Å². The lowest BCUT2D eigenvalue weighted by Gasteiger charge is -2.13. The normalized spacial score (nSPS) is 11.8. The van der Waals surface area contributed by atoms with Crippen molar-refractivity contribution in [3.05, 3.63) is 168 Å². The van der Waals surface area contributed by atoms with E-state index < -0.39 is 11.9 Å². The molecule has 0 spiro atoms. The van der Waals surface area contributed by atoms with Gasteiger partial charge in [0.2, 0.25) is 0 Å². The molecule has 6 aromatic carbocycles. The number of esters is 4. The van der Waals surface area contributed by atoms with Gasteiger partial charge in [-0.2, -0.15) is 23.5 Å². The van der Waals surface area contributed by atoms with Crippen LogP contribution in [-0.4, -0.2) is 72.3 Å². The van der Waals surface area contributed by atoms with E-state index in [4.69, 9.17) is 28.4 Å². The molecule has 2 atom stereocenters. The number of unbranched alkanes of at least 4 members (excludes halogenated alkanes) is 6. The van der Waals surface area contributed by atoms with Crippen LogP contribution in [0.3, 0.4) is 0 Å². The Morgan fingerprint density at radius 1 is 0.365 bits per heavy atom. The predicted molar refractivity (Wildman–Crippen MR) is 299 cm³/mol. The van der Waals surface area contributed by atoms with Gasteiger partial charge in [0, 0.05) is 23.0 Å². The van der Waals surface area contributed by atoms with E-state index in [1.54, 1.807) is 97.1 Å². The van der Waals surface area contributed by atoms with Crippen molar-refractivity contribution < 1.29 is 47.6 Å². The molecule has 74 heavy (non-hydrogen) atoms. The van der Waals surface area contributed by atoms with E-state index in [2.05, 4.69) is 13.8 Å². The lowest BCUT2D eigenvalue weighted by atomic mass is 10.0. The maximum atomic E-state index is 12.9. The number of hydrogen-bond donors (Lipinski definition) is 0. The first-order chi connectivity index (χ1) is 36.1. The van der Waals surface area contributed by atoms with E-state index in [0.29, 0.717) is 58.5 Å². The SMILES string of the molecule is CCCCCC[C@H](C)OC(=O)c1ccc(-c2ccc(OC(=O)c3ccc(OCCSCCSCCOc4ccc(C(=O)Oc5ccc(-c6ccc(C(=O)O[C@@H](C)CCCCCC)cc6)cc5)cc4)cc3)cc2)cc1. The van der Waals surface area contributed by atoms with E-state index in [1.165, 1.54) is 25.7 Å². The van der Waals surface area contributed by atoms with Gasteiger partial charge in [0.05, 0.1) is 47.7 Å². The highest BCUT2D eigenvalue weighted by molar-refractivity contribution is 8.02. The molecule has 0 radical (unpaired) electrons. The molecule has 0 aliphatic heterocycles. The Morgan fingerprint density at radius 2 is 0.662 bits per heavy atom. The zero-order valence-corrected chi connectivity index (χ0v) is 44.9. The van der Waals surface area contributed by atoms with Crippen molar-refractivity contribution in [3.63, 3.8) is 0 Å². The molecule has 0 bridgehead atoms. The lowest BCUT2D eigenvalue weighted by molar-refractivity contribution is 0.0309. The fourth-order valence-electron chi connectivity index (χ4n) is 7.83. The average Bonchev–Trinajstić information content (AvgIpc) is 3.42. The summed E-state index contributed by atoms with van der Waals surface area (Å²) in [5, 5.41) is 0. The molecule has 6 rings (SSSR count). The molecular formula is C62H70O10S2. The van der Waals surface area contributed by atoms with Crippen LogP contribution in [0.5, 0.6) is 23.0 Å². The summed E-state index contributed by atoms with van der Waals surface area (Å²) in [6, 6.07) is 43.1. The van der Waals surface area contributed by atoms with Crippen LogP contribution in [0.4, 0.5) is 0 Å². The summed E-state index contributed by atoms with van der Waals surface area (Å²) in [5.74, 6) is 4.31. The highest BCUT2D eigenvalue weighted by Gasteiger charge is 2.16. The van der Waals surface area contributed by atoms with Crippen molar-refractivity contribution in [2.75, 3.05) is 36.2 Å². The first-order valence-electron chi connectivity index (χ1n) is 26.0. The maximum absolute atomic E-state index is 12.9. The fraction of sp³-hybridized carbons (Fsp3) is 0.355. The smallest absolute Gasteiger partial charge is 0.343 e. The summed E-state index contributed by atoms with van der Waals surface area (Å²) in [7, 11) is 0. The van der Waals surface area contributed by atoms with Gasteiger partial charge in [0.15, 0.2) is 0 Å². The standard InChI is InChI=1S/C62H70O10S2/c1-5-7-9-11-13-45(3)69-59(63)51-19-15-47(16-20-51)49-23-35-57(36-24-49)71-61(65)53-27-31-55(32-28-53)67-39-41-73-43-44-74-42-40-68-56-33-29-54(30-34-56)62(66)72-58-37-25-50(26-38-58)48-17-21-52(22-18-48)60(64)70-46(4)14-12-10-8-6-2/h15-38,45-46H,5-14,39-44H2,1-4H3/t45-,46-/m0/s1. The number of rotatable bonds is 31. The van der Waals surface area contributed by atoms with Crippen molar-refractivity contribution in [2.24, 2.45) is 0 Å². The number of benzene rings is 6. The lowest BCUT2D eigenvalue weighted by Crippen LogP contribution is -2.15. The minimum atomic E-state index is -0.458. The Labute approximate surface area is 446 Å². The van der Waals surface area contributed by atoms with E-state index in [9.17, 15) is 19.2 Å². The topological polar surface area (TPSA) is 124 Å². The van der Waals surface area contributed by atoms with Gasteiger partial charge in [0.25, 0.3) is 0 Å². The molecule has 0 heterocycles. The van der Waals surface area contributed by atoms with Gasteiger partial charge in [-0.1, -0.05) is 101 Å². The summed E-state index contributed by atoms with van der Waals surface area (Å²) in [4.78, 5) is 51.0. The Morgan fingerprint density at radius 3 is 1.00 bits per heavy atom. The highest BCUT2D eigenvalue weighted by Crippen LogP contribution is 2.27. The summed E-state index contributed by atoms with van der Waals surface area (Å²) >= 11 is 3.63. The number of ether oxygens (including phenoxy) is 6. The third kappa shape index (κ3) is 19.4. The number of thioether (sulfide) groups is 2. The second-order valence-electron chi connectivity index (χ2n) is 18.1. The van der Waals surface area contributed by atoms with E-state index in [-0.39, 0.29) is 24.1 Å². The van der Waals surface area contributed by atoms with Gasteiger partial charge in [0.1, 0.15) is 23.0 Å². The third-order valence-corrected chi connectivity index (χ3v) is 14.3. The zero-order valence-electron chi connectivity index (χ0n) is 43.2. The van der Waals surface area contributed by atoms with E-state index in [1.807, 2.05) is 85.9 Å². The summed E-state index contributed by atoms with van der Waals surface area (Å²) in [6.45, 7) is 9.34. The monoisotopic (exact) mass is 1040 g/mol. The molecule has 390 valence electrons. The molecular weight excluding hydrogens is 969 g/mol. The Hall–Kier alpha value is -6.50. The first-order valence-corrected chi connectivity index (χ1v) is 28.3. The van der Waals surface area contributed by atoms with Gasteiger partial charge in [-0.15, -0.1) is 0 Å². The van der Waals surface area contributed by atoms with E-state index in [0.717, 1.165) is 83.8 Å². The summed E-state index contributed by atoms with van der Waals surface area (Å²) in [6.07, 6.45) is 10.7. The highest BCUT2D eigenvalue weighted by atomic mass is 32.2. The molecule has 0 unspecified atom stereocenters. The van der Waals surface area contributed by atoms with Crippen molar-refractivity contribution in [2.45, 2.75) is 104 Å². The molecule has 6 aromatic rings.